The molecule has 0 aromatic heterocycles. The lowest BCUT2D eigenvalue weighted by Crippen LogP contribution is -2.38. The Balaban J connectivity index is 1.66. The molecule has 4 nitrogen and oxygen atoms in total. The van der Waals surface area contributed by atoms with Crippen molar-refractivity contribution in [2.24, 2.45) is 0 Å². The fourth-order valence-electron chi connectivity index (χ4n) is 2.85. The number of amides is 1. The Labute approximate surface area is 133 Å². The summed E-state index contributed by atoms with van der Waals surface area (Å²) in [7, 11) is 0. The predicted octanol–water partition coefficient (Wildman–Crippen LogP) is 2.67. The van der Waals surface area contributed by atoms with Gasteiger partial charge < -0.3 is 15.0 Å². The Morgan fingerprint density at radius 2 is 2.00 bits per heavy atom. The maximum Gasteiger partial charge on any atom is 0.207 e. The van der Waals surface area contributed by atoms with Crippen LogP contribution in [0.25, 0.3) is 0 Å². The number of carbonyl (C=O) groups is 1. The standard InChI is InChI=1S/C18H28N2O2/c1-15-5-6-18(13-16(15)2)22-17-7-11-20(12-8-17)10-4-3-9-19-14-21/h5-6,13-14,17H,3-4,7-12H2,1-2H3,(H,19,21). The molecule has 4 heteroatoms. The van der Waals surface area contributed by atoms with Crippen LogP contribution < -0.4 is 10.1 Å². The van der Waals surface area contributed by atoms with Crippen molar-refractivity contribution in [3.63, 3.8) is 0 Å². The van der Waals surface area contributed by atoms with E-state index in [1.165, 1.54) is 11.1 Å². The molecule has 1 aromatic carbocycles. The summed E-state index contributed by atoms with van der Waals surface area (Å²) in [5.74, 6) is 1.00. The second kappa shape index (κ2) is 8.79. The number of benzene rings is 1. The van der Waals surface area contributed by atoms with Crippen molar-refractivity contribution in [3.8, 4) is 5.75 Å². The van der Waals surface area contributed by atoms with Crippen LogP contribution in [0.15, 0.2) is 18.2 Å². The molecule has 1 heterocycles. The van der Waals surface area contributed by atoms with Gasteiger partial charge in [-0.1, -0.05) is 6.07 Å². The minimum absolute atomic E-state index is 0.343. The van der Waals surface area contributed by atoms with Crippen LogP contribution in [0.3, 0.4) is 0 Å². The van der Waals surface area contributed by atoms with Crippen molar-refractivity contribution in [1.82, 2.24) is 10.2 Å². The summed E-state index contributed by atoms with van der Waals surface area (Å²) in [6.07, 6.45) is 5.51. The van der Waals surface area contributed by atoms with E-state index in [4.69, 9.17) is 4.74 Å². The molecule has 1 aliphatic heterocycles. The molecule has 0 saturated carbocycles. The first kappa shape index (κ1) is 16.8. The number of ether oxygens (including phenoxy) is 1. The first-order valence-electron chi connectivity index (χ1n) is 8.32. The summed E-state index contributed by atoms with van der Waals surface area (Å²) < 4.78 is 6.12. The Morgan fingerprint density at radius 3 is 2.68 bits per heavy atom. The van der Waals surface area contributed by atoms with Crippen LogP contribution in [-0.4, -0.2) is 43.6 Å². The molecule has 0 unspecified atom stereocenters. The zero-order chi connectivity index (χ0) is 15.8. The van der Waals surface area contributed by atoms with Gasteiger partial charge in [-0.25, -0.2) is 0 Å². The van der Waals surface area contributed by atoms with Gasteiger partial charge in [-0.05, 0) is 69.3 Å². The third kappa shape index (κ3) is 5.34. The Hall–Kier alpha value is -1.55. The van der Waals surface area contributed by atoms with E-state index in [9.17, 15) is 4.79 Å². The van der Waals surface area contributed by atoms with Crippen LogP contribution >= 0.6 is 0 Å². The molecule has 0 radical (unpaired) electrons. The van der Waals surface area contributed by atoms with Crippen LogP contribution in [0, 0.1) is 13.8 Å². The quantitative estimate of drug-likeness (QED) is 0.593. The molecule has 0 aliphatic carbocycles. The lowest BCUT2D eigenvalue weighted by atomic mass is 10.1. The summed E-state index contributed by atoms with van der Waals surface area (Å²) in [4.78, 5) is 12.7. The van der Waals surface area contributed by atoms with Gasteiger partial charge in [0.05, 0.1) is 0 Å². The highest BCUT2D eigenvalue weighted by molar-refractivity contribution is 5.45. The highest BCUT2D eigenvalue weighted by Crippen LogP contribution is 2.21. The van der Waals surface area contributed by atoms with E-state index in [2.05, 4.69) is 42.3 Å². The maximum atomic E-state index is 10.2. The van der Waals surface area contributed by atoms with Gasteiger partial charge in [-0.2, -0.15) is 0 Å². The average Bonchev–Trinajstić information content (AvgIpc) is 2.52. The minimum atomic E-state index is 0.343. The Bertz CT molecular complexity index is 468. The number of carbonyl (C=O) groups excluding carboxylic acids is 1. The van der Waals surface area contributed by atoms with Crippen molar-refractivity contribution in [2.75, 3.05) is 26.2 Å². The number of aryl methyl sites for hydroxylation is 2. The van der Waals surface area contributed by atoms with Crippen molar-refractivity contribution in [1.29, 1.82) is 0 Å². The van der Waals surface area contributed by atoms with E-state index < -0.39 is 0 Å². The number of piperidine rings is 1. The summed E-state index contributed by atoms with van der Waals surface area (Å²) >= 11 is 0. The first-order chi connectivity index (χ1) is 10.7. The molecule has 22 heavy (non-hydrogen) atoms. The molecule has 1 aromatic rings. The van der Waals surface area contributed by atoms with Crippen molar-refractivity contribution in [2.45, 2.75) is 45.6 Å². The molecule has 1 amide bonds. The van der Waals surface area contributed by atoms with Gasteiger partial charge in [0.25, 0.3) is 0 Å². The van der Waals surface area contributed by atoms with Gasteiger partial charge in [0.15, 0.2) is 0 Å². The summed E-state index contributed by atoms with van der Waals surface area (Å²) in [5, 5.41) is 2.71. The second-order valence-electron chi connectivity index (χ2n) is 6.18. The molecular formula is C18H28N2O2. The highest BCUT2D eigenvalue weighted by atomic mass is 16.5. The topological polar surface area (TPSA) is 41.6 Å². The minimum Gasteiger partial charge on any atom is -0.490 e. The molecule has 0 bridgehead atoms. The smallest absolute Gasteiger partial charge is 0.207 e. The fraction of sp³-hybridized carbons (Fsp3) is 0.611. The zero-order valence-corrected chi connectivity index (χ0v) is 13.8. The summed E-state index contributed by atoms with van der Waals surface area (Å²) in [6.45, 7) is 8.38. The van der Waals surface area contributed by atoms with Crippen molar-refractivity contribution in [3.05, 3.63) is 29.3 Å². The van der Waals surface area contributed by atoms with Gasteiger partial charge in [0, 0.05) is 19.6 Å². The van der Waals surface area contributed by atoms with Crippen LogP contribution in [-0.2, 0) is 4.79 Å². The van der Waals surface area contributed by atoms with E-state index in [1.807, 2.05) is 0 Å². The molecule has 1 N–H and O–H groups in total. The molecule has 1 fully saturated rings. The number of likely N-dealkylation sites (tertiary alicyclic amines) is 1. The number of unbranched alkanes of at least 4 members (excludes halogenated alkanes) is 1. The van der Waals surface area contributed by atoms with Gasteiger partial charge >= 0.3 is 0 Å². The third-order valence-corrected chi connectivity index (χ3v) is 4.44. The Kier molecular flexibility index (Phi) is 6.72. The van der Waals surface area contributed by atoms with E-state index in [1.54, 1.807) is 0 Å². The molecule has 1 aliphatic rings. The summed E-state index contributed by atoms with van der Waals surface area (Å²) in [5.41, 5.74) is 2.60. The number of rotatable bonds is 8. The predicted molar refractivity (Wildman–Crippen MR) is 89.3 cm³/mol. The zero-order valence-electron chi connectivity index (χ0n) is 13.8. The molecule has 2 rings (SSSR count). The van der Waals surface area contributed by atoms with E-state index in [0.717, 1.165) is 64.0 Å². The fourth-order valence-corrected chi connectivity index (χ4v) is 2.85. The number of nitrogens with zero attached hydrogens (tertiary/aromatic N) is 1. The van der Waals surface area contributed by atoms with Crippen LogP contribution in [0.2, 0.25) is 0 Å². The van der Waals surface area contributed by atoms with Gasteiger partial charge in [0.2, 0.25) is 6.41 Å². The van der Waals surface area contributed by atoms with Gasteiger partial charge in [0.1, 0.15) is 11.9 Å². The molecule has 0 atom stereocenters. The van der Waals surface area contributed by atoms with E-state index in [-0.39, 0.29) is 0 Å². The molecule has 122 valence electrons. The lowest BCUT2D eigenvalue weighted by Gasteiger charge is -2.32. The maximum absolute atomic E-state index is 10.2. The monoisotopic (exact) mass is 304 g/mol. The molecule has 1 saturated heterocycles. The van der Waals surface area contributed by atoms with Crippen LogP contribution in [0.4, 0.5) is 0 Å². The van der Waals surface area contributed by atoms with Crippen molar-refractivity contribution >= 4 is 6.41 Å². The largest absolute Gasteiger partial charge is 0.490 e. The second-order valence-corrected chi connectivity index (χ2v) is 6.18. The number of nitrogens with one attached hydrogen (secondary N) is 1. The number of hydrogen-bond acceptors (Lipinski definition) is 3. The highest BCUT2D eigenvalue weighted by Gasteiger charge is 2.20. The normalized spacial score (nSPS) is 16.5. The molecular weight excluding hydrogens is 276 g/mol. The van der Waals surface area contributed by atoms with Crippen molar-refractivity contribution < 1.29 is 9.53 Å². The Morgan fingerprint density at radius 1 is 1.23 bits per heavy atom. The third-order valence-electron chi connectivity index (χ3n) is 4.44. The van der Waals surface area contributed by atoms with Crippen LogP contribution in [0.1, 0.15) is 36.8 Å². The van der Waals surface area contributed by atoms with Gasteiger partial charge in [-0.3, -0.25) is 4.79 Å². The number of hydrogen-bond donors (Lipinski definition) is 1. The SMILES string of the molecule is Cc1ccc(OC2CCN(CCCCNC=O)CC2)cc1C. The summed E-state index contributed by atoms with van der Waals surface area (Å²) in [6, 6.07) is 6.35. The van der Waals surface area contributed by atoms with E-state index in [0.29, 0.717) is 6.10 Å². The average molecular weight is 304 g/mol. The van der Waals surface area contributed by atoms with E-state index >= 15 is 0 Å². The first-order valence-corrected chi connectivity index (χ1v) is 8.32. The van der Waals surface area contributed by atoms with Gasteiger partial charge in [-0.15, -0.1) is 0 Å². The lowest BCUT2D eigenvalue weighted by molar-refractivity contribution is -0.109. The molecule has 0 spiro atoms. The van der Waals surface area contributed by atoms with Crippen LogP contribution in [0.5, 0.6) is 5.75 Å².